The van der Waals surface area contributed by atoms with Gasteiger partial charge in [-0.25, -0.2) is 17.8 Å². The van der Waals surface area contributed by atoms with Crippen LogP contribution in [0, 0.1) is 5.82 Å². The molecular formula is C14H15ClFN3O2S. The van der Waals surface area contributed by atoms with Gasteiger partial charge in [-0.05, 0) is 36.8 Å². The van der Waals surface area contributed by atoms with Gasteiger partial charge in [0.2, 0.25) is 10.0 Å². The molecule has 1 aromatic carbocycles. The van der Waals surface area contributed by atoms with Crippen molar-refractivity contribution < 1.29 is 12.8 Å². The lowest BCUT2D eigenvalue weighted by molar-refractivity contribution is 0.599. The second kappa shape index (κ2) is 6.93. The van der Waals surface area contributed by atoms with E-state index in [4.69, 9.17) is 11.6 Å². The van der Waals surface area contributed by atoms with Gasteiger partial charge in [0, 0.05) is 5.69 Å². The molecule has 0 unspecified atom stereocenters. The molecule has 0 aliphatic carbocycles. The monoisotopic (exact) mass is 343 g/mol. The molecule has 0 saturated heterocycles. The minimum atomic E-state index is -3.36. The van der Waals surface area contributed by atoms with Gasteiger partial charge in [-0.15, -0.1) is 0 Å². The smallest absolute Gasteiger partial charge is 0.233 e. The molecule has 0 spiro atoms. The first-order chi connectivity index (χ1) is 10.4. The maximum atomic E-state index is 13.1. The normalized spacial score (nSPS) is 11.2. The molecule has 0 bridgehead atoms. The number of nitrogens with zero attached hydrogens (tertiary/aromatic N) is 1. The number of nitrogens with one attached hydrogen (secondary N) is 2. The molecule has 0 fully saturated rings. The molecule has 0 atom stereocenters. The summed E-state index contributed by atoms with van der Waals surface area (Å²) in [7, 11) is -3.36. The zero-order valence-electron chi connectivity index (χ0n) is 11.8. The van der Waals surface area contributed by atoms with Gasteiger partial charge in [0.05, 0.1) is 22.7 Å². The Hall–Kier alpha value is -1.86. The molecule has 2 N–H and O–H groups in total. The second-order valence-corrected chi connectivity index (χ2v) is 6.86. The van der Waals surface area contributed by atoms with Crippen LogP contribution in [0.5, 0.6) is 0 Å². The van der Waals surface area contributed by atoms with Gasteiger partial charge in [-0.1, -0.05) is 18.5 Å². The zero-order valence-corrected chi connectivity index (χ0v) is 13.4. The van der Waals surface area contributed by atoms with Gasteiger partial charge in [-0.2, -0.15) is 0 Å². The van der Waals surface area contributed by atoms with Crippen molar-refractivity contribution in [1.82, 2.24) is 4.98 Å². The first-order valence-electron chi connectivity index (χ1n) is 6.58. The molecule has 22 heavy (non-hydrogen) atoms. The number of hydrogen-bond acceptors (Lipinski definition) is 4. The van der Waals surface area contributed by atoms with Crippen molar-refractivity contribution in [2.45, 2.75) is 13.3 Å². The standard InChI is InChI=1S/C14H15ClFN3O2S/c1-2-7-22(20,21)19-14-6-4-11(9-17-14)18-10-3-5-13(16)12(15)8-10/h3-6,8-9,18H,2,7H2,1H3,(H,17,19). The van der Waals surface area contributed by atoms with Crippen LogP contribution in [0.2, 0.25) is 5.02 Å². The molecule has 8 heteroatoms. The van der Waals surface area contributed by atoms with E-state index >= 15 is 0 Å². The van der Waals surface area contributed by atoms with E-state index in [1.807, 2.05) is 0 Å². The Bertz CT molecular complexity index is 751. The third kappa shape index (κ3) is 4.57. The minimum absolute atomic E-state index is 0.0157. The Morgan fingerprint density at radius 2 is 1.95 bits per heavy atom. The van der Waals surface area contributed by atoms with Crippen LogP contribution in [0.25, 0.3) is 0 Å². The van der Waals surface area contributed by atoms with Crippen molar-refractivity contribution in [2.24, 2.45) is 0 Å². The SMILES string of the molecule is CCCS(=O)(=O)Nc1ccc(Nc2ccc(F)c(Cl)c2)cn1. The summed E-state index contributed by atoms with van der Waals surface area (Å²) >= 11 is 5.70. The fraction of sp³-hybridized carbons (Fsp3) is 0.214. The summed E-state index contributed by atoms with van der Waals surface area (Å²) in [6, 6.07) is 7.45. The molecule has 0 amide bonds. The summed E-state index contributed by atoms with van der Waals surface area (Å²) in [5.41, 5.74) is 1.23. The Kier molecular flexibility index (Phi) is 5.20. The lowest BCUT2D eigenvalue weighted by Crippen LogP contribution is -2.16. The van der Waals surface area contributed by atoms with Crippen LogP contribution >= 0.6 is 11.6 Å². The van der Waals surface area contributed by atoms with E-state index < -0.39 is 15.8 Å². The summed E-state index contributed by atoms with van der Waals surface area (Å²) in [5, 5.41) is 3.01. The number of benzene rings is 1. The number of hydrogen-bond donors (Lipinski definition) is 2. The molecule has 2 rings (SSSR count). The Labute approximate surface area is 133 Å². The highest BCUT2D eigenvalue weighted by Gasteiger charge is 2.09. The molecule has 1 heterocycles. The van der Waals surface area contributed by atoms with E-state index in [0.717, 1.165) is 0 Å². The van der Waals surface area contributed by atoms with Gasteiger partial charge in [0.1, 0.15) is 11.6 Å². The minimum Gasteiger partial charge on any atom is -0.354 e. The fourth-order valence-electron chi connectivity index (χ4n) is 1.75. The van der Waals surface area contributed by atoms with E-state index in [9.17, 15) is 12.8 Å². The van der Waals surface area contributed by atoms with Crippen LogP contribution in [0.15, 0.2) is 36.5 Å². The number of pyridine rings is 1. The van der Waals surface area contributed by atoms with Gasteiger partial charge in [0.25, 0.3) is 0 Å². The van der Waals surface area contributed by atoms with Crippen molar-refractivity contribution >= 4 is 38.8 Å². The summed E-state index contributed by atoms with van der Waals surface area (Å²) in [4.78, 5) is 4.02. The number of rotatable bonds is 6. The highest BCUT2D eigenvalue weighted by Crippen LogP contribution is 2.23. The average Bonchev–Trinajstić information content (AvgIpc) is 2.44. The first-order valence-corrected chi connectivity index (χ1v) is 8.61. The molecule has 0 radical (unpaired) electrons. The quantitative estimate of drug-likeness (QED) is 0.837. The molecular weight excluding hydrogens is 329 g/mol. The third-order valence-corrected chi connectivity index (χ3v) is 4.46. The van der Waals surface area contributed by atoms with Crippen LogP contribution in [0.4, 0.5) is 21.6 Å². The van der Waals surface area contributed by atoms with Gasteiger partial charge < -0.3 is 5.32 Å². The van der Waals surface area contributed by atoms with Crippen LogP contribution in [0.3, 0.4) is 0 Å². The average molecular weight is 344 g/mol. The lowest BCUT2D eigenvalue weighted by atomic mass is 10.3. The van der Waals surface area contributed by atoms with Gasteiger partial charge in [-0.3, -0.25) is 4.72 Å². The van der Waals surface area contributed by atoms with Crippen molar-refractivity contribution in [2.75, 3.05) is 15.8 Å². The summed E-state index contributed by atoms with van der Waals surface area (Å²) in [6.07, 6.45) is 2.00. The topological polar surface area (TPSA) is 71.1 Å². The van der Waals surface area contributed by atoms with E-state index in [1.54, 1.807) is 25.1 Å². The zero-order chi connectivity index (χ0) is 16.2. The number of halogens is 2. The number of sulfonamides is 1. The molecule has 0 saturated carbocycles. The van der Waals surface area contributed by atoms with E-state index in [0.29, 0.717) is 17.8 Å². The summed E-state index contributed by atoms with van der Waals surface area (Å²) in [5.74, 6) is -0.204. The number of anilines is 3. The summed E-state index contributed by atoms with van der Waals surface area (Å²) in [6.45, 7) is 1.79. The van der Waals surface area contributed by atoms with Crippen molar-refractivity contribution in [3.05, 3.63) is 47.4 Å². The van der Waals surface area contributed by atoms with E-state index in [1.165, 1.54) is 18.3 Å². The predicted octanol–water partition coefficient (Wildman–Crippen LogP) is 3.77. The maximum Gasteiger partial charge on any atom is 0.233 e. The van der Waals surface area contributed by atoms with Crippen LogP contribution in [-0.4, -0.2) is 19.2 Å². The van der Waals surface area contributed by atoms with Crippen molar-refractivity contribution in [3.63, 3.8) is 0 Å². The Morgan fingerprint density at radius 1 is 1.23 bits per heavy atom. The molecule has 5 nitrogen and oxygen atoms in total. The van der Waals surface area contributed by atoms with Crippen LogP contribution < -0.4 is 10.0 Å². The van der Waals surface area contributed by atoms with Crippen LogP contribution in [0.1, 0.15) is 13.3 Å². The Balaban J connectivity index is 2.07. The summed E-state index contributed by atoms with van der Waals surface area (Å²) < 4.78 is 38.7. The molecule has 0 aliphatic rings. The molecule has 2 aromatic rings. The largest absolute Gasteiger partial charge is 0.354 e. The Morgan fingerprint density at radius 3 is 2.55 bits per heavy atom. The highest BCUT2D eigenvalue weighted by molar-refractivity contribution is 7.92. The van der Waals surface area contributed by atoms with E-state index in [-0.39, 0.29) is 16.6 Å². The molecule has 0 aliphatic heterocycles. The molecule has 118 valence electrons. The lowest BCUT2D eigenvalue weighted by Gasteiger charge is -2.09. The van der Waals surface area contributed by atoms with Crippen molar-refractivity contribution in [1.29, 1.82) is 0 Å². The van der Waals surface area contributed by atoms with Crippen LogP contribution in [-0.2, 0) is 10.0 Å². The maximum absolute atomic E-state index is 13.1. The predicted molar refractivity (Wildman–Crippen MR) is 86.6 cm³/mol. The van der Waals surface area contributed by atoms with Gasteiger partial charge >= 0.3 is 0 Å². The fourth-order valence-corrected chi connectivity index (χ4v) is 3.01. The van der Waals surface area contributed by atoms with Gasteiger partial charge in [0.15, 0.2) is 0 Å². The highest BCUT2D eigenvalue weighted by atomic mass is 35.5. The molecule has 1 aromatic heterocycles. The van der Waals surface area contributed by atoms with Crippen molar-refractivity contribution in [3.8, 4) is 0 Å². The third-order valence-electron chi connectivity index (χ3n) is 2.70. The number of aromatic nitrogens is 1. The first kappa shape index (κ1) is 16.5. The van der Waals surface area contributed by atoms with E-state index in [2.05, 4.69) is 15.0 Å². The second-order valence-electron chi connectivity index (χ2n) is 4.61.